The quantitative estimate of drug-likeness (QED) is 0.840. The minimum atomic E-state index is 0.668. The molecule has 0 spiro atoms. The topological polar surface area (TPSA) is 27.1 Å². The maximum atomic E-state index is 6.33. The molecule has 3 nitrogen and oxygen atoms in total. The Morgan fingerprint density at radius 1 is 1.22 bits per heavy atom. The summed E-state index contributed by atoms with van der Waals surface area (Å²) in [6.07, 6.45) is 0.891. The molecule has 0 aliphatic heterocycles. The molecule has 4 heteroatoms. The average Bonchev–Trinajstić information content (AvgIpc) is 2.66. The lowest BCUT2D eigenvalue weighted by molar-refractivity contribution is 0.340. The summed E-state index contributed by atoms with van der Waals surface area (Å²) >= 11 is 6.33. The van der Waals surface area contributed by atoms with Gasteiger partial charge in [-0.3, -0.25) is 0 Å². The van der Waals surface area contributed by atoms with Gasteiger partial charge < -0.3 is 4.74 Å². The number of aryl methyl sites for hydroxylation is 1. The minimum Gasteiger partial charge on any atom is -0.494 e. The molecule has 0 unspecified atom stereocenters. The number of halogens is 1. The van der Waals surface area contributed by atoms with Gasteiger partial charge in [0.05, 0.1) is 18.0 Å². The lowest BCUT2D eigenvalue weighted by Gasteiger charge is -2.06. The average molecular weight is 265 g/mol. The summed E-state index contributed by atoms with van der Waals surface area (Å²) in [4.78, 5) is 0. The number of aromatic nitrogens is 2. The van der Waals surface area contributed by atoms with E-state index in [0.29, 0.717) is 11.8 Å². The van der Waals surface area contributed by atoms with Gasteiger partial charge in [0.25, 0.3) is 0 Å². The first-order valence-corrected chi connectivity index (χ1v) is 6.52. The Morgan fingerprint density at radius 3 is 2.39 bits per heavy atom. The van der Waals surface area contributed by atoms with E-state index in [0.717, 1.165) is 29.1 Å². The molecule has 0 fully saturated rings. The molecular formula is C14H17ClN2O. The Balaban J connectivity index is 2.36. The van der Waals surface area contributed by atoms with Crippen LogP contribution in [0, 0.1) is 6.92 Å². The fraction of sp³-hybridized carbons (Fsp3) is 0.357. The van der Waals surface area contributed by atoms with E-state index in [1.807, 2.05) is 38.1 Å². The fourth-order valence-corrected chi connectivity index (χ4v) is 2.36. The highest BCUT2D eigenvalue weighted by atomic mass is 35.5. The van der Waals surface area contributed by atoms with Crippen LogP contribution in [0.1, 0.15) is 25.1 Å². The van der Waals surface area contributed by atoms with E-state index >= 15 is 0 Å². The number of hydrogen-bond donors (Lipinski definition) is 0. The van der Waals surface area contributed by atoms with Crippen molar-refractivity contribution < 1.29 is 4.74 Å². The highest BCUT2D eigenvalue weighted by Crippen LogP contribution is 2.24. The Bertz CT molecular complexity index is 531. The Kier molecular flexibility index (Phi) is 3.92. The summed E-state index contributed by atoms with van der Waals surface area (Å²) in [5, 5.41) is 5.16. The summed E-state index contributed by atoms with van der Waals surface area (Å²) in [7, 11) is 0. The molecule has 2 rings (SSSR count). The molecule has 2 aromatic rings. The molecule has 0 saturated heterocycles. The molecule has 96 valence electrons. The Morgan fingerprint density at radius 2 is 1.89 bits per heavy atom. The first-order chi connectivity index (χ1) is 8.67. The van der Waals surface area contributed by atoms with Crippen molar-refractivity contribution >= 4 is 11.6 Å². The molecule has 1 heterocycles. The van der Waals surface area contributed by atoms with Crippen LogP contribution in [0.2, 0.25) is 5.15 Å². The van der Waals surface area contributed by atoms with Crippen LogP contribution >= 0.6 is 11.6 Å². The van der Waals surface area contributed by atoms with Crippen LogP contribution in [0.3, 0.4) is 0 Å². The van der Waals surface area contributed by atoms with Gasteiger partial charge in [0, 0.05) is 5.56 Å². The second-order valence-corrected chi connectivity index (χ2v) is 4.41. The van der Waals surface area contributed by atoms with Crippen LogP contribution in [-0.4, -0.2) is 16.4 Å². The van der Waals surface area contributed by atoms with Crippen molar-refractivity contribution in [1.29, 1.82) is 0 Å². The van der Waals surface area contributed by atoms with Crippen LogP contribution in [-0.2, 0) is 6.42 Å². The van der Waals surface area contributed by atoms with Crippen molar-refractivity contribution in [2.75, 3.05) is 6.61 Å². The summed E-state index contributed by atoms with van der Waals surface area (Å²) < 4.78 is 7.18. The van der Waals surface area contributed by atoms with Crippen LogP contribution in [0.5, 0.6) is 5.75 Å². The molecule has 0 saturated carbocycles. The molecule has 0 atom stereocenters. The number of nitrogens with zero attached hydrogens (tertiary/aromatic N) is 2. The third-order valence-corrected chi connectivity index (χ3v) is 3.26. The van der Waals surface area contributed by atoms with E-state index in [4.69, 9.17) is 16.3 Å². The van der Waals surface area contributed by atoms with E-state index in [2.05, 4.69) is 12.0 Å². The molecule has 18 heavy (non-hydrogen) atoms. The molecule has 0 N–H and O–H groups in total. The van der Waals surface area contributed by atoms with Crippen molar-refractivity contribution in [1.82, 2.24) is 9.78 Å². The van der Waals surface area contributed by atoms with Crippen molar-refractivity contribution in [2.24, 2.45) is 0 Å². The first-order valence-electron chi connectivity index (χ1n) is 6.14. The fourth-order valence-electron chi connectivity index (χ4n) is 1.95. The van der Waals surface area contributed by atoms with E-state index in [1.165, 1.54) is 0 Å². The predicted molar refractivity (Wildman–Crippen MR) is 73.9 cm³/mol. The molecule has 0 aliphatic rings. The van der Waals surface area contributed by atoms with E-state index in [1.54, 1.807) is 4.68 Å². The zero-order valence-electron chi connectivity index (χ0n) is 10.9. The van der Waals surface area contributed by atoms with Crippen LogP contribution in [0.25, 0.3) is 5.69 Å². The van der Waals surface area contributed by atoms with Crippen LogP contribution in [0.15, 0.2) is 24.3 Å². The third-order valence-electron chi connectivity index (χ3n) is 2.87. The molecule has 1 aromatic carbocycles. The number of ether oxygens (including phenoxy) is 1. The Labute approximate surface area is 112 Å². The van der Waals surface area contributed by atoms with Gasteiger partial charge in [-0.1, -0.05) is 18.5 Å². The maximum absolute atomic E-state index is 6.33. The molecule has 0 radical (unpaired) electrons. The molecule has 1 aromatic heterocycles. The summed E-state index contributed by atoms with van der Waals surface area (Å²) in [5.74, 6) is 0.858. The molecule has 0 amide bonds. The summed E-state index contributed by atoms with van der Waals surface area (Å²) in [6.45, 7) is 6.70. The van der Waals surface area contributed by atoms with Gasteiger partial charge in [-0.05, 0) is 44.5 Å². The Hall–Kier alpha value is -1.48. The van der Waals surface area contributed by atoms with Gasteiger partial charge in [0.2, 0.25) is 0 Å². The standard InChI is InChI=1S/C14H17ClN2O/c1-4-13-10(3)16-17(14(13)15)11-6-8-12(9-7-11)18-5-2/h6-9H,4-5H2,1-3H3. The highest BCUT2D eigenvalue weighted by Gasteiger charge is 2.12. The lowest BCUT2D eigenvalue weighted by atomic mass is 10.2. The van der Waals surface area contributed by atoms with Crippen molar-refractivity contribution in [3.63, 3.8) is 0 Å². The van der Waals surface area contributed by atoms with Gasteiger partial charge in [-0.25, -0.2) is 4.68 Å². The molecular weight excluding hydrogens is 248 g/mol. The minimum absolute atomic E-state index is 0.668. The normalized spacial score (nSPS) is 10.7. The number of hydrogen-bond acceptors (Lipinski definition) is 2. The number of benzene rings is 1. The lowest BCUT2D eigenvalue weighted by Crippen LogP contribution is -1.97. The smallest absolute Gasteiger partial charge is 0.136 e. The molecule has 0 aliphatic carbocycles. The first kappa shape index (κ1) is 13.0. The van der Waals surface area contributed by atoms with Crippen molar-refractivity contribution in [2.45, 2.75) is 27.2 Å². The van der Waals surface area contributed by atoms with Gasteiger partial charge in [-0.2, -0.15) is 5.10 Å². The van der Waals surface area contributed by atoms with Gasteiger partial charge in [0.15, 0.2) is 0 Å². The second kappa shape index (κ2) is 5.44. The number of rotatable bonds is 4. The zero-order valence-corrected chi connectivity index (χ0v) is 11.7. The largest absolute Gasteiger partial charge is 0.494 e. The third kappa shape index (κ3) is 2.36. The summed E-state index contributed by atoms with van der Waals surface area (Å²) in [6, 6.07) is 7.78. The van der Waals surface area contributed by atoms with Gasteiger partial charge in [0.1, 0.15) is 10.9 Å². The van der Waals surface area contributed by atoms with Crippen LogP contribution in [0.4, 0.5) is 0 Å². The SMILES string of the molecule is CCOc1ccc(-n2nc(C)c(CC)c2Cl)cc1. The maximum Gasteiger partial charge on any atom is 0.136 e. The van der Waals surface area contributed by atoms with Gasteiger partial charge >= 0.3 is 0 Å². The van der Waals surface area contributed by atoms with E-state index in [9.17, 15) is 0 Å². The predicted octanol–water partition coefficient (Wildman–Crippen LogP) is 3.80. The van der Waals surface area contributed by atoms with Crippen molar-refractivity contribution in [3.8, 4) is 11.4 Å². The van der Waals surface area contributed by atoms with Crippen molar-refractivity contribution in [3.05, 3.63) is 40.7 Å². The van der Waals surface area contributed by atoms with Crippen LogP contribution < -0.4 is 4.74 Å². The monoisotopic (exact) mass is 264 g/mol. The highest BCUT2D eigenvalue weighted by molar-refractivity contribution is 6.30. The van der Waals surface area contributed by atoms with Gasteiger partial charge in [-0.15, -0.1) is 0 Å². The zero-order chi connectivity index (χ0) is 13.1. The summed E-state index contributed by atoms with van der Waals surface area (Å²) in [5.41, 5.74) is 3.04. The van der Waals surface area contributed by atoms with E-state index in [-0.39, 0.29) is 0 Å². The van der Waals surface area contributed by atoms with E-state index < -0.39 is 0 Å². The second-order valence-electron chi connectivity index (χ2n) is 4.05. The molecule has 0 bridgehead atoms.